The molecule has 0 unspecified atom stereocenters. The minimum Gasteiger partial charge on any atom is -0.375 e. The number of nitrogens with zero attached hydrogens (tertiary/aromatic N) is 2. The molecule has 0 spiro atoms. The van der Waals surface area contributed by atoms with Gasteiger partial charge in [0.1, 0.15) is 5.69 Å². The Balaban J connectivity index is 1.93. The van der Waals surface area contributed by atoms with Crippen molar-refractivity contribution in [1.29, 1.82) is 0 Å². The molecule has 0 atom stereocenters. The van der Waals surface area contributed by atoms with E-state index >= 15 is 0 Å². The molecule has 0 bridgehead atoms. The largest absolute Gasteiger partial charge is 0.375 e. The third-order valence-electron chi connectivity index (χ3n) is 4.68. The van der Waals surface area contributed by atoms with Crippen molar-refractivity contribution in [2.75, 3.05) is 5.73 Å². The van der Waals surface area contributed by atoms with E-state index in [1.807, 2.05) is 97.3 Å². The molecule has 0 aliphatic carbocycles. The highest BCUT2D eigenvalue weighted by Gasteiger charge is 2.39. The molecule has 0 fully saturated rings. The molecule has 3 aromatic carbocycles. The average Bonchev–Trinajstić information content (AvgIpc) is 3.25. The van der Waals surface area contributed by atoms with Crippen LogP contribution in [0.2, 0.25) is 0 Å². The van der Waals surface area contributed by atoms with Gasteiger partial charge in [-0.25, -0.2) is 4.98 Å². The first-order chi connectivity index (χ1) is 14.7. The van der Waals surface area contributed by atoms with Crippen molar-refractivity contribution in [3.8, 4) is 0 Å². The molecule has 147 valence electrons. The number of carbonyl (C=O) groups excluding carboxylic acids is 1. The van der Waals surface area contributed by atoms with Gasteiger partial charge in [-0.3, -0.25) is 4.79 Å². The molecule has 5 nitrogen and oxygen atoms in total. The smallest absolute Gasteiger partial charge is 0.259 e. The van der Waals surface area contributed by atoms with E-state index < -0.39 is 5.60 Å². The predicted molar refractivity (Wildman–Crippen MR) is 119 cm³/mol. The number of hydrogen-bond acceptors (Lipinski definition) is 6. The molecule has 4 aromatic rings. The number of thiazole rings is 1. The molecule has 4 rings (SSSR count). The van der Waals surface area contributed by atoms with Crippen LogP contribution in [0.15, 0.2) is 102 Å². The number of oxime groups is 1. The van der Waals surface area contributed by atoms with Crippen molar-refractivity contribution in [3.63, 3.8) is 0 Å². The molecule has 1 aromatic heterocycles. The van der Waals surface area contributed by atoms with E-state index in [0.29, 0.717) is 10.8 Å². The fraction of sp³-hybridized carbons (Fsp3) is 0.0417. The first-order valence-corrected chi connectivity index (χ1v) is 10.1. The van der Waals surface area contributed by atoms with E-state index in [0.717, 1.165) is 16.7 Å². The van der Waals surface area contributed by atoms with Crippen LogP contribution in [0.1, 0.15) is 22.4 Å². The molecule has 0 saturated heterocycles. The first-order valence-electron chi connectivity index (χ1n) is 9.26. The molecule has 30 heavy (non-hydrogen) atoms. The lowest BCUT2D eigenvalue weighted by atomic mass is 9.80. The van der Waals surface area contributed by atoms with Crippen LogP contribution in [0.3, 0.4) is 0 Å². The van der Waals surface area contributed by atoms with Gasteiger partial charge in [0.25, 0.3) is 6.29 Å². The summed E-state index contributed by atoms with van der Waals surface area (Å²) in [6, 6.07) is 29.3. The van der Waals surface area contributed by atoms with Gasteiger partial charge in [0.2, 0.25) is 5.60 Å². The van der Waals surface area contributed by atoms with Gasteiger partial charge in [0.15, 0.2) is 10.8 Å². The van der Waals surface area contributed by atoms with Crippen molar-refractivity contribution in [3.05, 3.63) is 119 Å². The Morgan fingerprint density at radius 2 is 1.33 bits per heavy atom. The number of aromatic nitrogens is 1. The fourth-order valence-electron chi connectivity index (χ4n) is 3.30. The fourth-order valence-corrected chi connectivity index (χ4v) is 3.85. The lowest BCUT2D eigenvalue weighted by Crippen LogP contribution is -2.31. The van der Waals surface area contributed by atoms with Crippen LogP contribution >= 0.6 is 11.3 Å². The normalized spacial score (nSPS) is 11.8. The number of rotatable bonds is 7. The second-order valence-corrected chi connectivity index (χ2v) is 7.37. The van der Waals surface area contributed by atoms with Gasteiger partial charge >= 0.3 is 0 Å². The van der Waals surface area contributed by atoms with E-state index in [1.165, 1.54) is 11.3 Å². The maximum Gasteiger partial charge on any atom is 0.259 e. The van der Waals surface area contributed by atoms with Crippen LogP contribution in [-0.2, 0) is 15.2 Å². The van der Waals surface area contributed by atoms with Crippen molar-refractivity contribution in [1.82, 2.24) is 4.98 Å². The van der Waals surface area contributed by atoms with Crippen molar-refractivity contribution in [2.24, 2.45) is 5.16 Å². The van der Waals surface area contributed by atoms with Crippen molar-refractivity contribution in [2.45, 2.75) is 5.60 Å². The quantitative estimate of drug-likeness (QED) is 0.274. The predicted octanol–water partition coefficient (Wildman–Crippen LogP) is 4.55. The van der Waals surface area contributed by atoms with Crippen molar-refractivity contribution >= 4 is 28.5 Å². The third-order valence-corrected chi connectivity index (χ3v) is 5.35. The first kappa shape index (κ1) is 19.5. The minimum atomic E-state index is -1.08. The van der Waals surface area contributed by atoms with Gasteiger partial charge in [-0.05, 0) is 0 Å². The van der Waals surface area contributed by atoms with Gasteiger partial charge in [0, 0.05) is 22.1 Å². The van der Waals surface area contributed by atoms with Crippen LogP contribution < -0.4 is 5.73 Å². The molecule has 2 N–H and O–H groups in total. The summed E-state index contributed by atoms with van der Waals surface area (Å²) in [6.45, 7) is 0. The van der Waals surface area contributed by atoms with Gasteiger partial charge < -0.3 is 10.6 Å². The molecule has 0 aliphatic rings. The summed E-state index contributed by atoms with van der Waals surface area (Å²) in [6.07, 6.45) is 1.82. The maximum atomic E-state index is 11.6. The number of nitrogen functional groups attached to an aromatic ring is 1. The van der Waals surface area contributed by atoms with E-state index in [9.17, 15) is 4.79 Å². The molecule has 1 heterocycles. The molecule has 6 heteroatoms. The van der Waals surface area contributed by atoms with E-state index in [4.69, 9.17) is 10.6 Å². The highest BCUT2D eigenvalue weighted by molar-refractivity contribution is 7.13. The summed E-state index contributed by atoms with van der Waals surface area (Å²) in [5.41, 5.74) is 7.52. The van der Waals surface area contributed by atoms with Crippen LogP contribution in [0.5, 0.6) is 0 Å². The summed E-state index contributed by atoms with van der Waals surface area (Å²) < 4.78 is 0. The van der Waals surface area contributed by atoms with Crippen LogP contribution in [0, 0.1) is 0 Å². The Labute approximate surface area is 178 Å². The standard InChI is InChI=1S/C24H18N3O2S/c25-23-26-22(17-30-23)21(16-28)27-29-24(18-10-4-1-5-11-18,19-12-6-2-7-13-19)20-14-8-3-9-15-20/h1-15,17H,(H2,25,26)/b27-21+. The molecule has 1 radical (unpaired) electrons. The number of nitrogens with two attached hydrogens (primary N) is 1. The summed E-state index contributed by atoms with van der Waals surface area (Å²) in [5.74, 6) is 0. The molecule has 0 saturated carbocycles. The van der Waals surface area contributed by atoms with Crippen LogP contribution in [-0.4, -0.2) is 17.0 Å². The highest BCUT2D eigenvalue weighted by Crippen LogP contribution is 2.40. The Morgan fingerprint density at radius 1 is 0.867 bits per heavy atom. The Morgan fingerprint density at radius 3 is 1.70 bits per heavy atom. The Bertz CT molecular complexity index is 1050. The molecule has 0 aliphatic heterocycles. The van der Waals surface area contributed by atoms with Gasteiger partial charge in [0.05, 0.1) is 0 Å². The van der Waals surface area contributed by atoms with Gasteiger partial charge in [-0.2, -0.15) is 0 Å². The van der Waals surface area contributed by atoms with Crippen LogP contribution in [0.4, 0.5) is 5.13 Å². The lowest BCUT2D eigenvalue weighted by Gasteiger charge is -2.33. The molecular formula is C24H18N3O2S. The SMILES string of the molecule is Nc1nc(/C([C]=O)=N/OC(c2ccccc2)(c2ccccc2)c2ccccc2)cs1. The average molecular weight is 412 g/mol. The minimum absolute atomic E-state index is 0.0462. The Kier molecular flexibility index (Phi) is 5.68. The second kappa shape index (κ2) is 8.71. The lowest BCUT2D eigenvalue weighted by molar-refractivity contribution is 0.0177. The summed E-state index contributed by atoms with van der Waals surface area (Å²) in [5, 5.41) is 6.20. The second-order valence-electron chi connectivity index (χ2n) is 6.48. The molecular weight excluding hydrogens is 394 g/mol. The van der Waals surface area contributed by atoms with E-state index in [2.05, 4.69) is 10.1 Å². The monoisotopic (exact) mass is 412 g/mol. The molecule has 0 amide bonds. The van der Waals surface area contributed by atoms with E-state index in [-0.39, 0.29) is 5.71 Å². The van der Waals surface area contributed by atoms with E-state index in [1.54, 1.807) is 5.38 Å². The van der Waals surface area contributed by atoms with Gasteiger partial charge in [-0.15, -0.1) is 11.3 Å². The summed E-state index contributed by atoms with van der Waals surface area (Å²) >= 11 is 1.22. The Hall–Kier alpha value is -3.77. The maximum absolute atomic E-state index is 11.6. The number of hydrogen-bond donors (Lipinski definition) is 1. The van der Waals surface area contributed by atoms with Gasteiger partial charge in [-0.1, -0.05) is 96.2 Å². The zero-order valence-electron chi connectivity index (χ0n) is 15.9. The highest BCUT2D eigenvalue weighted by atomic mass is 32.1. The zero-order chi connectivity index (χ0) is 20.8. The summed E-state index contributed by atoms with van der Waals surface area (Å²) in [7, 11) is 0. The topological polar surface area (TPSA) is 77.6 Å². The van der Waals surface area contributed by atoms with Crippen LogP contribution in [0.25, 0.3) is 0 Å². The zero-order valence-corrected chi connectivity index (χ0v) is 16.8. The van der Waals surface area contributed by atoms with Crippen molar-refractivity contribution < 1.29 is 9.63 Å². The number of anilines is 1. The summed E-state index contributed by atoms with van der Waals surface area (Å²) in [4.78, 5) is 22.0. The third kappa shape index (κ3) is 3.73. The number of benzene rings is 3.